The molecular formula is C19H17NO6. The fourth-order valence-corrected chi connectivity index (χ4v) is 2.51. The van der Waals surface area contributed by atoms with Crippen LogP contribution in [-0.4, -0.2) is 25.9 Å². The second-order valence-corrected chi connectivity index (χ2v) is 5.62. The van der Waals surface area contributed by atoms with E-state index in [9.17, 15) is 4.79 Å². The lowest BCUT2D eigenvalue weighted by Crippen LogP contribution is -2.30. The summed E-state index contributed by atoms with van der Waals surface area (Å²) in [7, 11) is 0. The molecule has 2 aromatic rings. The lowest BCUT2D eigenvalue weighted by atomic mass is 10.3. The van der Waals surface area contributed by atoms with Crippen LogP contribution in [0.4, 0.5) is 0 Å². The van der Waals surface area contributed by atoms with E-state index in [1.807, 2.05) is 24.3 Å². The molecule has 2 heterocycles. The number of amides is 1. The molecule has 0 saturated carbocycles. The lowest BCUT2D eigenvalue weighted by molar-refractivity contribution is -0.119. The summed E-state index contributed by atoms with van der Waals surface area (Å²) < 4.78 is 27.1. The zero-order valence-electron chi connectivity index (χ0n) is 13.9. The fraction of sp³-hybridized carbons (Fsp3) is 0.211. The number of rotatable bonds is 6. The minimum Gasteiger partial charge on any atom is -0.493 e. The Kier molecular flexibility index (Phi) is 4.51. The molecule has 2 aromatic carbocycles. The Balaban J connectivity index is 1.19. The van der Waals surface area contributed by atoms with E-state index in [2.05, 4.69) is 5.32 Å². The van der Waals surface area contributed by atoms with Crippen molar-refractivity contribution < 1.29 is 28.5 Å². The van der Waals surface area contributed by atoms with Gasteiger partial charge < -0.3 is 29.0 Å². The van der Waals surface area contributed by atoms with Crippen molar-refractivity contribution in [1.29, 1.82) is 0 Å². The molecule has 26 heavy (non-hydrogen) atoms. The van der Waals surface area contributed by atoms with E-state index >= 15 is 0 Å². The van der Waals surface area contributed by atoms with Gasteiger partial charge in [0, 0.05) is 12.6 Å². The van der Waals surface area contributed by atoms with Crippen LogP contribution in [0.5, 0.6) is 28.7 Å². The van der Waals surface area contributed by atoms with E-state index in [-0.39, 0.29) is 18.5 Å². The van der Waals surface area contributed by atoms with Gasteiger partial charge in [-0.05, 0) is 30.7 Å². The predicted molar refractivity (Wildman–Crippen MR) is 91.5 cm³/mol. The van der Waals surface area contributed by atoms with Gasteiger partial charge in [0.05, 0.1) is 6.61 Å². The molecule has 2 aliphatic rings. The van der Waals surface area contributed by atoms with Gasteiger partial charge in [-0.2, -0.15) is 0 Å². The van der Waals surface area contributed by atoms with Crippen LogP contribution in [-0.2, 0) is 4.79 Å². The summed E-state index contributed by atoms with van der Waals surface area (Å²) >= 11 is 0. The molecule has 2 aliphatic heterocycles. The van der Waals surface area contributed by atoms with Crippen LogP contribution in [0.3, 0.4) is 0 Å². The maximum Gasteiger partial charge on any atom is 0.290 e. The standard InChI is InChI=1S/C19H17NO6/c21-19(18-11-23-14-4-1-2-5-16(14)26-18)20-8-3-9-22-13-6-7-15-17(10-13)25-12-24-15/h1-2,4-7,10-11H,3,8-9,12H2,(H,20,21). The van der Waals surface area contributed by atoms with Gasteiger partial charge in [0.15, 0.2) is 23.0 Å². The van der Waals surface area contributed by atoms with Gasteiger partial charge in [0.25, 0.3) is 5.91 Å². The topological polar surface area (TPSA) is 75.3 Å². The molecule has 0 bridgehead atoms. The molecule has 1 amide bonds. The number of fused-ring (bicyclic) bond motifs is 2. The van der Waals surface area contributed by atoms with Gasteiger partial charge in [-0.3, -0.25) is 4.79 Å². The highest BCUT2D eigenvalue weighted by atomic mass is 16.7. The first-order valence-corrected chi connectivity index (χ1v) is 8.24. The van der Waals surface area contributed by atoms with Crippen LogP contribution in [0.2, 0.25) is 0 Å². The largest absolute Gasteiger partial charge is 0.493 e. The summed E-state index contributed by atoms with van der Waals surface area (Å²) in [5.41, 5.74) is 0. The molecule has 0 unspecified atom stereocenters. The van der Waals surface area contributed by atoms with Gasteiger partial charge in [-0.15, -0.1) is 0 Å². The molecule has 7 nitrogen and oxygen atoms in total. The zero-order valence-corrected chi connectivity index (χ0v) is 13.9. The third kappa shape index (κ3) is 3.51. The number of hydrogen-bond donors (Lipinski definition) is 1. The summed E-state index contributed by atoms with van der Waals surface area (Å²) in [6.45, 7) is 1.14. The van der Waals surface area contributed by atoms with Crippen molar-refractivity contribution >= 4 is 5.91 Å². The minimum atomic E-state index is -0.331. The number of carbonyl (C=O) groups is 1. The monoisotopic (exact) mass is 355 g/mol. The van der Waals surface area contributed by atoms with Crippen LogP contribution in [0.15, 0.2) is 54.5 Å². The molecule has 4 rings (SSSR count). The Morgan fingerprint density at radius 2 is 1.88 bits per heavy atom. The lowest BCUT2D eigenvalue weighted by Gasteiger charge is -2.17. The Morgan fingerprint density at radius 3 is 2.81 bits per heavy atom. The van der Waals surface area contributed by atoms with E-state index in [0.29, 0.717) is 48.3 Å². The second-order valence-electron chi connectivity index (χ2n) is 5.62. The summed E-state index contributed by atoms with van der Waals surface area (Å²) in [4.78, 5) is 12.1. The molecule has 134 valence electrons. The maximum atomic E-state index is 12.1. The van der Waals surface area contributed by atoms with Crippen molar-refractivity contribution in [3.8, 4) is 28.7 Å². The first-order chi connectivity index (χ1) is 12.8. The Bertz CT molecular complexity index is 848. The normalized spacial score (nSPS) is 13.8. The Morgan fingerprint density at radius 1 is 1.04 bits per heavy atom. The average molecular weight is 355 g/mol. The van der Waals surface area contributed by atoms with Gasteiger partial charge in [0.2, 0.25) is 12.6 Å². The molecule has 0 fully saturated rings. The van der Waals surface area contributed by atoms with Gasteiger partial charge in [0.1, 0.15) is 12.0 Å². The molecule has 7 heteroatoms. The van der Waals surface area contributed by atoms with Crippen LogP contribution >= 0.6 is 0 Å². The predicted octanol–water partition coefficient (Wildman–Crippen LogP) is 2.61. The van der Waals surface area contributed by atoms with E-state index in [1.54, 1.807) is 18.2 Å². The van der Waals surface area contributed by atoms with Crippen molar-refractivity contribution in [3.05, 3.63) is 54.5 Å². The molecule has 0 spiro atoms. The summed E-state index contributed by atoms with van der Waals surface area (Å²) in [6, 6.07) is 12.6. The number of para-hydroxylation sites is 2. The first-order valence-electron chi connectivity index (χ1n) is 8.24. The van der Waals surface area contributed by atoms with Crippen LogP contribution in [0.25, 0.3) is 0 Å². The Labute approximate surface area is 150 Å². The van der Waals surface area contributed by atoms with Crippen molar-refractivity contribution in [1.82, 2.24) is 5.32 Å². The van der Waals surface area contributed by atoms with E-state index in [0.717, 1.165) is 0 Å². The van der Waals surface area contributed by atoms with Crippen LogP contribution < -0.4 is 29.0 Å². The fourth-order valence-electron chi connectivity index (χ4n) is 2.51. The SMILES string of the molecule is O=C(NCCCOc1ccc2c(c1)OCO2)C1=COc2ccccc2O1. The minimum absolute atomic E-state index is 0.125. The molecule has 1 N–H and O–H groups in total. The molecule has 0 saturated heterocycles. The number of carbonyl (C=O) groups excluding carboxylic acids is 1. The van der Waals surface area contributed by atoms with Gasteiger partial charge in [-0.1, -0.05) is 12.1 Å². The first kappa shape index (κ1) is 16.1. The molecule has 0 radical (unpaired) electrons. The van der Waals surface area contributed by atoms with Crippen molar-refractivity contribution in [2.24, 2.45) is 0 Å². The summed E-state index contributed by atoms with van der Waals surface area (Å²) in [5.74, 6) is 2.99. The third-order valence-corrected chi connectivity index (χ3v) is 3.81. The summed E-state index contributed by atoms with van der Waals surface area (Å²) in [5, 5.41) is 2.77. The van der Waals surface area contributed by atoms with E-state index in [4.69, 9.17) is 23.7 Å². The molecule has 0 atom stereocenters. The number of nitrogens with one attached hydrogen (secondary N) is 1. The number of hydrogen-bond acceptors (Lipinski definition) is 6. The molecule has 0 aliphatic carbocycles. The quantitative estimate of drug-likeness (QED) is 0.803. The highest BCUT2D eigenvalue weighted by Crippen LogP contribution is 2.35. The maximum absolute atomic E-state index is 12.1. The van der Waals surface area contributed by atoms with Crippen molar-refractivity contribution in [3.63, 3.8) is 0 Å². The third-order valence-electron chi connectivity index (χ3n) is 3.81. The Hall–Kier alpha value is -3.35. The van der Waals surface area contributed by atoms with Gasteiger partial charge >= 0.3 is 0 Å². The number of benzene rings is 2. The van der Waals surface area contributed by atoms with Crippen molar-refractivity contribution in [2.75, 3.05) is 19.9 Å². The second kappa shape index (κ2) is 7.26. The molecular weight excluding hydrogens is 338 g/mol. The zero-order chi connectivity index (χ0) is 17.8. The van der Waals surface area contributed by atoms with Crippen LogP contribution in [0.1, 0.15) is 6.42 Å². The van der Waals surface area contributed by atoms with E-state index < -0.39 is 0 Å². The van der Waals surface area contributed by atoms with Crippen molar-refractivity contribution in [2.45, 2.75) is 6.42 Å². The highest BCUT2D eigenvalue weighted by molar-refractivity contribution is 5.92. The van der Waals surface area contributed by atoms with E-state index in [1.165, 1.54) is 6.26 Å². The molecule has 0 aromatic heterocycles. The smallest absolute Gasteiger partial charge is 0.290 e. The average Bonchev–Trinajstić information content (AvgIpc) is 3.15. The van der Waals surface area contributed by atoms with Crippen LogP contribution in [0, 0.1) is 0 Å². The van der Waals surface area contributed by atoms with Gasteiger partial charge in [-0.25, -0.2) is 0 Å². The highest BCUT2D eigenvalue weighted by Gasteiger charge is 2.19. The number of ether oxygens (including phenoxy) is 5. The summed E-state index contributed by atoms with van der Waals surface area (Å²) in [6.07, 6.45) is 1.95.